The molecule has 0 saturated heterocycles. The van der Waals surface area contributed by atoms with Gasteiger partial charge in [0.1, 0.15) is 29.5 Å². The Hall–Kier alpha value is -2.24. The molecule has 0 radical (unpaired) electrons. The lowest BCUT2D eigenvalue weighted by Gasteiger charge is -2.31. The highest BCUT2D eigenvalue weighted by atomic mass is 16.5. The fraction of sp³-hybridized carbons (Fsp3) is 0.429. The molecular weight excluding hydrogens is 330 g/mol. The van der Waals surface area contributed by atoms with Crippen LogP contribution in [0.15, 0.2) is 42.2 Å². The van der Waals surface area contributed by atoms with Gasteiger partial charge in [-0.2, -0.15) is 0 Å². The van der Waals surface area contributed by atoms with E-state index < -0.39 is 6.10 Å². The minimum atomic E-state index is -0.771. The highest BCUT2D eigenvalue weighted by Crippen LogP contribution is 2.29. The first-order valence-electron chi connectivity index (χ1n) is 8.79. The molecule has 1 aliphatic heterocycles. The van der Waals surface area contributed by atoms with Crippen molar-refractivity contribution in [3.05, 3.63) is 52.6 Å². The van der Waals surface area contributed by atoms with Crippen LogP contribution in [0.5, 0.6) is 5.75 Å². The lowest BCUT2D eigenvalue weighted by Crippen LogP contribution is -2.47. The number of fused-ring (bicyclic) bond motifs is 2. The minimum absolute atomic E-state index is 0.0958. The van der Waals surface area contributed by atoms with Crippen LogP contribution >= 0.6 is 0 Å². The van der Waals surface area contributed by atoms with Crippen LogP contribution in [0.3, 0.4) is 0 Å². The SMILES string of the molecule is COC1=CC=CC2OC(C(O)CNC(C)(C)C)=c3cccc(OC)c3=C12. The fourth-order valence-corrected chi connectivity index (χ4v) is 3.25. The number of hydrogen-bond donors (Lipinski definition) is 2. The van der Waals surface area contributed by atoms with Crippen molar-refractivity contribution in [2.75, 3.05) is 20.8 Å². The molecule has 1 aliphatic carbocycles. The van der Waals surface area contributed by atoms with Gasteiger partial charge in [-0.1, -0.05) is 18.2 Å². The predicted molar refractivity (Wildman–Crippen MR) is 102 cm³/mol. The third kappa shape index (κ3) is 3.50. The summed E-state index contributed by atoms with van der Waals surface area (Å²) in [4.78, 5) is 0. The van der Waals surface area contributed by atoms with E-state index >= 15 is 0 Å². The topological polar surface area (TPSA) is 60.0 Å². The number of β-amino-alcohol motifs (C(OH)–C–C–N with tert-alkyl or cyclic N) is 1. The molecule has 1 aromatic rings. The summed E-state index contributed by atoms with van der Waals surface area (Å²) in [6.07, 6.45) is 4.68. The van der Waals surface area contributed by atoms with Crippen molar-refractivity contribution < 1.29 is 19.3 Å². The predicted octanol–water partition coefficient (Wildman–Crippen LogP) is 1.20. The van der Waals surface area contributed by atoms with E-state index in [1.807, 2.05) is 36.4 Å². The number of hydrogen-bond acceptors (Lipinski definition) is 5. The second kappa shape index (κ2) is 7.17. The normalized spacial score (nSPS) is 19.9. The van der Waals surface area contributed by atoms with Crippen molar-refractivity contribution in [2.45, 2.75) is 38.5 Å². The molecule has 0 amide bonds. The van der Waals surface area contributed by atoms with Crippen LogP contribution in [0.2, 0.25) is 0 Å². The second-order valence-electron chi connectivity index (χ2n) is 7.47. The van der Waals surface area contributed by atoms with Gasteiger partial charge >= 0.3 is 0 Å². The molecule has 5 heteroatoms. The van der Waals surface area contributed by atoms with E-state index in [9.17, 15) is 5.11 Å². The first-order valence-corrected chi connectivity index (χ1v) is 8.79. The molecule has 1 aromatic carbocycles. The molecule has 2 N–H and O–H groups in total. The summed E-state index contributed by atoms with van der Waals surface area (Å²) in [5, 5.41) is 15.9. The average Bonchev–Trinajstić information content (AvgIpc) is 2.63. The van der Waals surface area contributed by atoms with Gasteiger partial charge < -0.3 is 24.6 Å². The third-order valence-corrected chi connectivity index (χ3v) is 4.47. The van der Waals surface area contributed by atoms with Crippen molar-refractivity contribution in [3.8, 4) is 5.75 Å². The summed E-state index contributed by atoms with van der Waals surface area (Å²) in [5.41, 5.74) is 0.823. The quantitative estimate of drug-likeness (QED) is 0.829. The molecule has 2 atom stereocenters. The molecule has 0 spiro atoms. The van der Waals surface area contributed by atoms with Crippen LogP contribution in [0.4, 0.5) is 0 Å². The molecule has 2 unspecified atom stereocenters. The zero-order valence-electron chi connectivity index (χ0n) is 16.0. The summed E-state index contributed by atoms with van der Waals surface area (Å²) in [5.74, 6) is 2.02. The van der Waals surface area contributed by atoms with E-state index in [0.717, 1.165) is 27.5 Å². The Morgan fingerprint density at radius 3 is 2.65 bits per heavy atom. The lowest BCUT2D eigenvalue weighted by atomic mass is 9.94. The summed E-state index contributed by atoms with van der Waals surface area (Å²) in [7, 11) is 3.29. The number of rotatable bonds is 5. The maximum absolute atomic E-state index is 10.8. The number of benzene rings is 1. The number of aliphatic hydroxyl groups excluding tert-OH is 1. The Morgan fingerprint density at radius 1 is 1.23 bits per heavy atom. The van der Waals surface area contributed by atoms with Crippen LogP contribution in [0.25, 0.3) is 11.3 Å². The van der Waals surface area contributed by atoms with Gasteiger partial charge in [0, 0.05) is 22.5 Å². The average molecular weight is 357 g/mol. The lowest BCUT2D eigenvalue weighted by molar-refractivity contribution is 0.136. The molecule has 0 fully saturated rings. The Balaban J connectivity index is 2.20. The van der Waals surface area contributed by atoms with Crippen molar-refractivity contribution in [1.29, 1.82) is 0 Å². The third-order valence-electron chi connectivity index (χ3n) is 4.47. The molecule has 0 saturated carbocycles. The summed E-state index contributed by atoms with van der Waals surface area (Å²) in [6, 6.07) is 5.76. The zero-order valence-corrected chi connectivity index (χ0v) is 16.0. The number of aliphatic hydroxyl groups is 1. The van der Waals surface area contributed by atoms with Crippen molar-refractivity contribution in [3.63, 3.8) is 0 Å². The first-order chi connectivity index (χ1) is 12.4. The molecule has 0 aromatic heterocycles. The van der Waals surface area contributed by atoms with Crippen molar-refractivity contribution >= 4 is 11.3 Å². The monoisotopic (exact) mass is 357 g/mol. The van der Waals surface area contributed by atoms with E-state index in [0.29, 0.717) is 12.3 Å². The molecule has 26 heavy (non-hydrogen) atoms. The van der Waals surface area contributed by atoms with E-state index in [-0.39, 0.29) is 11.6 Å². The van der Waals surface area contributed by atoms with Crippen molar-refractivity contribution in [2.24, 2.45) is 0 Å². The Morgan fingerprint density at radius 2 is 2.00 bits per heavy atom. The van der Waals surface area contributed by atoms with Crippen LogP contribution in [-0.2, 0) is 9.47 Å². The highest BCUT2D eigenvalue weighted by molar-refractivity contribution is 5.74. The molecule has 2 aliphatic rings. The van der Waals surface area contributed by atoms with E-state index in [4.69, 9.17) is 14.2 Å². The van der Waals surface area contributed by atoms with Gasteiger partial charge in [-0.25, -0.2) is 0 Å². The highest BCUT2D eigenvalue weighted by Gasteiger charge is 2.31. The van der Waals surface area contributed by atoms with Gasteiger partial charge in [-0.15, -0.1) is 0 Å². The maximum atomic E-state index is 10.8. The number of ether oxygens (including phenoxy) is 3. The minimum Gasteiger partial charge on any atom is -0.496 e. The number of methoxy groups -OCH3 is 2. The van der Waals surface area contributed by atoms with Crippen LogP contribution < -0.4 is 20.5 Å². The second-order valence-corrected chi connectivity index (χ2v) is 7.47. The standard InChI is InChI=1S/C21H27NO4/c1-21(2,3)22-12-14(23)20-13-8-6-9-15(24-4)18(13)19-16(25-5)10-7-11-17(19)26-20/h6-11,14,17,22-23H,12H2,1-5H3. The smallest absolute Gasteiger partial charge is 0.146 e. The van der Waals surface area contributed by atoms with Gasteiger partial charge in [-0.05, 0) is 39.0 Å². The summed E-state index contributed by atoms with van der Waals surface area (Å²) >= 11 is 0. The van der Waals surface area contributed by atoms with Crippen LogP contribution in [0.1, 0.15) is 20.8 Å². The summed E-state index contributed by atoms with van der Waals surface area (Å²) in [6.45, 7) is 6.59. The zero-order chi connectivity index (χ0) is 18.9. The van der Waals surface area contributed by atoms with Crippen molar-refractivity contribution in [1.82, 2.24) is 5.32 Å². The molecule has 140 valence electrons. The van der Waals surface area contributed by atoms with Crippen LogP contribution in [0, 0.1) is 0 Å². The van der Waals surface area contributed by atoms with Gasteiger partial charge in [-0.3, -0.25) is 0 Å². The van der Waals surface area contributed by atoms with Gasteiger partial charge in [0.25, 0.3) is 0 Å². The first kappa shape index (κ1) is 18.5. The van der Waals surface area contributed by atoms with Crippen LogP contribution in [-0.4, -0.2) is 43.6 Å². The number of nitrogens with one attached hydrogen (secondary N) is 1. The van der Waals surface area contributed by atoms with Gasteiger partial charge in [0.05, 0.1) is 19.8 Å². The maximum Gasteiger partial charge on any atom is 0.146 e. The largest absolute Gasteiger partial charge is 0.496 e. The van der Waals surface area contributed by atoms with E-state index in [1.165, 1.54) is 0 Å². The Labute approximate surface area is 154 Å². The molecule has 1 heterocycles. The molecule has 0 bridgehead atoms. The molecule has 5 nitrogen and oxygen atoms in total. The van der Waals surface area contributed by atoms with Gasteiger partial charge in [0.15, 0.2) is 0 Å². The van der Waals surface area contributed by atoms with E-state index in [1.54, 1.807) is 14.2 Å². The Kier molecular flexibility index (Phi) is 5.12. The Bertz CT molecular complexity index is 861. The summed E-state index contributed by atoms with van der Waals surface area (Å²) < 4.78 is 17.4. The van der Waals surface area contributed by atoms with E-state index in [2.05, 4.69) is 26.1 Å². The molecule has 3 rings (SSSR count). The fourth-order valence-electron chi connectivity index (χ4n) is 3.25. The molecular formula is C21H27NO4. The number of allylic oxidation sites excluding steroid dienone is 2. The van der Waals surface area contributed by atoms with Gasteiger partial charge in [0.2, 0.25) is 0 Å².